The van der Waals surface area contributed by atoms with Crippen LogP contribution in [0, 0.1) is 5.92 Å². The molecule has 0 aliphatic rings. The Morgan fingerprint density at radius 1 is 1.00 bits per heavy atom. The first-order chi connectivity index (χ1) is 10.7. The first-order valence-corrected chi connectivity index (χ1v) is 8.98. The van der Waals surface area contributed by atoms with Gasteiger partial charge in [-0.25, -0.2) is 0 Å². The van der Waals surface area contributed by atoms with Crippen molar-refractivity contribution in [3.8, 4) is 0 Å². The van der Waals surface area contributed by atoms with E-state index in [1.807, 2.05) is 18.2 Å². The fourth-order valence-electron chi connectivity index (χ4n) is 3.07. The molecule has 2 heteroatoms. The van der Waals surface area contributed by atoms with Gasteiger partial charge in [-0.05, 0) is 25.1 Å². The minimum Gasteiger partial charge on any atom is -0.297 e. The number of likely N-dealkylation sites (N-methyl/N-ethyl adjacent to an activating group) is 1. The smallest absolute Gasteiger partial charge is 0.157 e. The Balaban J connectivity index is 2.80. The highest BCUT2D eigenvalue weighted by atomic mass is 16.1. The lowest BCUT2D eigenvalue weighted by molar-refractivity contribution is -0.128. The minimum atomic E-state index is -0.0858. The monoisotopic (exact) mass is 303 g/mol. The molecule has 124 valence electrons. The second-order valence-corrected chi connectivity index (χ2v) is 6.19. The van der Waals surface area contributed by atoms with Gasteiger partial charge in [0.05, 0.1) is 6.04 Å². The molecule has 22 heavy (non-hydrogen) atoms. The van der Waals surface area contributed by atoms with E-state index in [2.05, 4.69) is 44.7 Å². The van der Waals surface area contributed by atoms with Crippen LogP contribution in [0.1, 0.15) is 71.4 Å². The number of nitrogens with zero attached hydrogens (tertiary/aromatic N) is 1. The number of Topliss-reactive ketones (excluding diaryl/α,β-unsaturated/α-hetero) is 1. The van der Waals surface area contributed by atoms with Crippen LogP contribution in [0.25, 0.3) is 0 Å². The van der Waals surface area contributed by atoms with E-state index in [4.69, 9.17) is 0 Å². The van der Waals surface area contributed by atoms with Gasteiger partial charge in [-0.1, -0.05) is 83.7 Å². The molecule has 0 fully saturated rings. The predicted octanol–water partition coefficient (Wildman–Crippen LogP) is 5.25. The Hall–Kier alpha value is -1.15. The molecule has 0 saturated carbocycles. The van der Waals surface area contributed by atoms with Crippen LogP contribution in [-0.4, -0.2) is 23.8 Å². The number of carbonyl (C=O) groups excluding carboxylic acids is 1. The minimum absolute atomic E-state index is 0.0858. The number of hydrogen-bond donors (Lipinski definition) is 0. The summed E-state index contributed by atoms with van der Waals surface area (Å²) < 4.78 is 0. The van der Waals surface area contributed by atoms with Crippen molar-refractivity contribution in [2.24, 2.45) is 5.92 Å². The van der Waals surface area contributed by atoms with Gasteiger partial charge in [0.2, 0.25) is 0 Å². The van der Waals surface area contributed by atoms with Crippen molar-refractivity contribution in [3.05, 3.63) is 35.9 Å². The van der Waals surface area contributed by atoms with Crippen molar-refractivity contribution < 1.29 is 4.79 Å². The average Bonchev–Trinajstić information content (AvgIpc) is 2.56. The SMILES string of the molecule is CCCCCCC(C)C(=O)[C@@H](c1ccccc1)N(CC)CC. The van der Waals surface area contributed by atoms with E-state index in [0.717, 1.165) is 25.1 Å². The number of ketones is 1. The van der Waals surface area contributed by atoms with Crippen molar-refractivity contribution in [2.45, 2.75) is 65.8 Å². The number of rotatable bonds is 11. The lowest BCUT2D eigenvalue weighted by Gasteiger charge is -2.31. The van der Waals surface area contributed by atoms with E-state index in [9.17, 15) is 4.79 Å². The van der Waals surface area contributed by atoms with E-state index in [1.165, 1.54) is 25.7 Å². The van der Waals surface area contributed by atoms with Gasteiger partial charge >= 0.3 is 0 Å². The zero-order valence-electron chi connectivity index (χ0n) is 14.8. The molecular formula is C20H33NO. The largest absolute Gasteiger partial charge is 0.297 e. The molecule has 0 N–H and O–H groups in total. The van der Waals surface area contributed by atoms with Gasteiger partial charge in [-0.3, -0.25) is 9.69 Å². The third kappa shape index (κ3) is 5.57. The summed E-state index contributed by atoms with van der Waals surface area (Å²) in [5.74, 6) is 0.522. The fourth-order valence-corrected chi connectivity index (χ4v) is 3.07. The van der Waals surface area contributed by atoms with Crippen LogP contribution in [0.3, 0.4) is 0 Å². The third-order valence-corrected chi connectivity index (χ3v) is 4.54. The van der Waals surface area contributed by atoms with Gasteiger partial charge in [0, 0.05) is 5.92 Å². The fraction of sp³-hybridized carbons (Fsp3) is 0.650. The van der Waals surface area contributed by atoms with Gasteiger partial charge < -0.3 is 0 Å². The van der Waals surface area contributed by atoms with Crippen LogP contribution in [0.15, 0.2) is 30.3 Å². The van der Waals surface area contributed by atoms with E-state index < -0.39 is 0 Å². The standard InChI is InChI=1S/C20H33NO/c1-5-8-9-11-14-17(4)20(22)19(21(6-2)7-3)18-15-12-10-13-16-18/h10,12-13,15-17,19H,5-9,11,14H2,1-4H3/t17?,19-/m1/s1. The lowest BCUT2D eigenvalue weighted by Crippen LogP contribution is -2.36. The van der Waals surface area contributed by atoms with Gasteiger partial charge in [-0.2, -0.15) is 0 Å². The third-order valence-electron chi connectivity index (χ3n) is 4.54. The van der Waals surface area contributed by atoms with Crippen LogP contribution >= 0.6 is 0 Å². The Kier molecular flexibility index (Phi) is 9.07. The Morgan fingerprint density at radius 2 is 1.64 bits per heavy atom. The quantitative estimate of drug-likeness (QED) is 0.521. The van der Waals surface area contributed by atoms with Crippen molar-refractivity contribution >= 4 is 5.78 Å². The maximum atomic E-state index is 13.0. The molecule has 1 rings (SSSR count). The number of benzene rings is 1. The van der Waals surface area contributed by atoms with Gasteiger partial charge in [0.25, 0.3) is 0 Å². The summed E-state index contributed by atoms with van der Waals surface area (Å²) in [5, 5.41) is 0. The molecule has 0 heterocycles. The summed E-state index contributed by atoms with van der Waals surface area (Å²) in [4.78, 5) is 15.3. The zero-order valence-corrected chi connectivity index (χ0v) is 14.8. The highest BCUT2D eigenvalue weighted by Gasteiger charge is 2.28. The molecule has 1 unspecified atom stereocenters. The highest BCUT2D eigenvalue weighted by Crippen LogP contribution is 2.26. The first kappa shape index (κ1) is 18.9. The maximum Gasteiger partial charge on any atom is 0.157 e. The van der Waals surface area contributed by atoms with Crippen LogP contribution in [-0.2, 0) is 4.79 Å². The molecule has 0 spiro atoms. The van der Waals surface area contributed by atoms with Crippen LogP contribution in [0.2, 0.25) is 0 Å². The van der Waals surface area contributed by atoms with Gasteiger partial charge in [0.1, 0.15) is 0 Å². The topological polar surface area (TPSA) is 20.3 Å². The molecule has 2 atom stereocenters. The van der Waals surface area contributed by atoms with E-state index >= 15 is 0 Å². The van der Waals surface area contributed by atoms with Crippen molar-refractivity contribution in [1.82, 2.24) is 4.90 Å². The predicted molar refractivity (Wildman–Crippen MR) is 95.0 cm³/mol. The maximum absolute atomic E-state index is 13.0. The summed E-state index contributed by atoms with van der Waals surface area (Å²) in [6, 6.07) is 10.2. The van der Waals surface area contributed by atoms with E-state index in [-0.39, 0.29) is 12.0 Å². The van der Waals surface area contributed by atoms with Crippen molar-refractivity contribution in [1.29, 1.82) is 0 Å². The summed E-state index contributed by atoms with van der Waals surface area (Å²) in [6.45, 7) is 10.4. The van der Waals surface area contributed by atoms with Crippen LogP contribution < -0.4 is 0 Å². The molecule has 0 aliphatic carbocycles. The molecule has 0 aromatic heterocycles. The van der Waals surface area contributed by atoms with Crippen molar-refractivity contribution in [2.75, 3.05) is 13.1 Å². The highest BCUT2D eigenvalue weighted by molar-refractivity contribution is 5.87. The number of carbonyl (C=O) groups is 1. The molecule has 2 nitrogen and oxygen atoms in total. The molecule has 0 saturated heterocycles. The molecular weight excluding hydrogens is 270 g/mol. The summed E-state index contributed by atoms with van der Waals surface area (Å²) in [5.41, 5.74) is 1.14. The molecule has 1 aromatic rings. The van der Waals surface area contributed by atoms with Gasteiger partial charge in [0.15, 0.2) is 5.78 Å². The summed E-state index contributed by atoms with van der Waals surface area (Å²) in [6.07, 6.45) is 5.95. The molecule has 1 aromatic carbocycles. The first-order valence-electron chi connectivity index (χ1n) is 8.98. The van der Waals surface area contributed by atoms with Gasteiger partial charge in [-0.15, -0.1) is 0 Å². The second-order valence-electron chi connectivity index (χ2n) is 6.19. The number of hydrogen-bond acceptors (Lipinski definition) is 2. The number of unbranched alkanes of at least 4 members (excludes halogenated alkanes) is 3. The van der Waals surface area contributed by atoms with Crippen LogP contribution in [0.4, 0.5) is 0 Å². The summed E-state index contributed by atoms with van der Waals surface area (Å²) >= 11 is 0. The Labute approximate surface area is 136 Å². The summed E-state index contributed by atoms with van der Waals surface area (Å²) in [7, 11) is 0. The zero-order chi connectivity index (χ0) is 16.4. The Bertz CT molecular complexity index is 411. The molecule has 0 bridgehead atoms. The molecule has 0 radical (unpaired) electrons. The van der Waals surface area contributed by atoms with Crippen molar-refractivity contribution in [3.63, 3.8) is 0 Å². The average molecular weight is 303 g/mol. The second kappa shape index (κ2) is 10.6. The normalized spacial score (nSPS) is 14.0. The van der Waals surface area contributed by atoms with E-state index in [0.29, 0.717) is 5.78 Å². The lowest BCUT2D eigenvalue weighted by atomic mass is 9.89. The molecule has 0 amide bonds. The molecule has 0 aliphatic heterocycles. The Morgan fingerprint density at radius 3 is 2.18 bits per heavy atom. The van der Waals surface area contributed by atoms with Crippen LogP contribution in [0.5, 0.6) is 0 Å². The van der Waals surface area contributed by atoms with E-state index in [1.54, 1.807) is 0 Å².